The van der Waals surface area contributed by atoms with Crippen LogP contribution in [0.15, 0.2) is 60.7 Å². The summed E-state index contributed by atoms with van der Waals surface area (Å²) < 4.78 is 0. The van der Waals surface area contributed by atoms with Crippen LogP contribution in [0.2, 0.25) is 0 Å². The molecule has 5 heteroatoms. The van der Waals surface area contributed by atoms with Crippen LogP contribution in [-0.4, -0.2) is 29.5 Å². The van der Waals surface area contributed by atoms with Gasteiger partial charge in [-0.15, -0.1) is 0 Å². The van der Waals surface area contributed by atoms with E-state index in [0.29, 0.717) is 24.7 Å². The van der Waals surface area contributed by atoms with E-state index in [1.54, 1.807) is 6.07 Å². The van der Waals surface area contributed by atoms with Crippen LogP contribution >= 0.6 is 0 Å². The second-order valence-corrected chi connectivity index (χ2v) is 7.23. The number of amides is 1. The summed E-state index contributed by atoms with van der Waals surface area (Å²) in [6.07, 6.45) is 1.97. The lowest BCUT2D eigenvalue weighted by atomic mass is 10.0. The highest BCUT2D eigenvalue weighted by Gasteiger charge is 2.25. The Morgan fingerprint density at radius 1 is 1.07 bits per heavy atom. The maximum Gasteiger partial charge on any atom is 0.277 e. The molecule has 1 aliphatic heterocycles. The fourth-order valence-corrected chi connectivity index (χ4v) is 3.64. The van der Waals surface area contributed by atoms with Crippen LogP contribution in [0.1, 0.15) is 33.7 Å². The Labute approximate surface area is 165 Å². The molecule has 28 heavy (non-hydrogen) atoms. The molecule has 5 nitrogen and oxygen atoms in total. The Bertz CT molecular complexity index is 987. The Balaban J connectivity index is 1.61. The molecule has 1 aromatic heterocycles. The minimum atomic E-state index is -0.0630. The van der Waals surface area contributed by atoms with E-state index in [4.69, 9.17) is 0 Å². The average Bonchev–Trinajstić information content (AvgIpc) is 2.73. The van der Waals surface area contributed by atoms with Crippen LogP contribution in [0, 0.1) is 6.92 Å². The van der Waals surface area contributed by atoms with E-state index < -0.39 is 0 Å². The van der Waals surface area contributed by atoms with Crippen molar-refractivity contribution in [1.82, 2.24) is 9.97 Å². The Hall–Kier alpha value is -3.21. The number of nitrogens with zero attached hydrogens (tertiary/aromatic N) is 4. The maximum atomic E-state index is 13.3. The second kappa shape index (κ2) is 7.80. The van der Waals surface area contributed by atoms with Gasteiger partial charge in [-0.1, -0.05) is 48.5 Å². The van der Waals surface area contributed by atoms with E-state index in [2.05, 4.69) is 28.2 Å². The number of hydrogen-bond acceptors (Lipinski definition) is 4. The van der Waals surface area contributed by atoms with E-state index in [0.717, 1.165) is 24.2 Å². The molecule has 0 unspecified atom stereocenters. The van der Waals surface area contributed by atoms with Crippen LogP contribution in [-0.2, 0) is 13.0 Å². The molecule has 0 atom stereocenters. The first kappa shape index (κ1) is 18.2. The van der Waals surface area contributed by atoms with Crippen molar-refractivity contribution in [3.63, 3.8) is 0 Å². The highest BCUT2D eigenvalue weighted by atomic mass is 16.2. The van der Waals surface area contributed by atoms with Gasteiger partial charge in [-0.3, -0.25) is 4.79 Å². The lowest BCUT2D eigenvalue weighted by Crippen LogP contribution is -2.36. The SMILES string of the molecule is Cc1cc(C(=O)N2CCCc3ccccc32)nc(N(C)Cc2ccccc2)n1. The molecule has 0 saturated carbocycles. The number of aryl methyl sites for hydroxylation is 2. The van der Waals surface area contributed by atoms with E-state index in [1.807, 2.05) is 60.2 Å². The van der Waals surface area contributed by atoms with E-state index >= 15 is 0 Å². The molecule has 0 N–H and O–H groups in total. The lowest BCUT2D eigenvalue weighted by molar-refractivity contribution is 0.0980. The molecule has 0 fully saturated rings. The van der Waals surface area contributed by atoms with E-state index in [1.165, 1.54) is 11.1 Å². The topological polar surface area (TPSA) is 49.3 Å². The molecule has 0 bridgehead atoms. The monoisotopic (exact) mass is 372 g/mol. The molecule has 1 aliphatic rings. The smallest absolute Gasteiger partial charge is 0.277 e. The Morgan fingerprint density at radius 2 is 1.82 bits per heavy atom. The first-order valence-corrected chi connectivity index (χ1v) is 9.62. The third-order valence-corrected chi connectivity index (χ3v) is 5.02. The largest absolute Gasteiger partial charge is 0.340 e. The summed E-state index contributed by atoms with van der Waals surface area (Å²) in [5, 5.41) is 0. The number of fused-ring (bicyclic) bond motifs is 1. The summed E-state index contributed by atoms with van der Waals surface area (Å²) in [4.78, 5) is 26.2. The fraction of sp³-hybridized carbons (Fsp3) is 0.261. The molecule has 0 saturated heterocycles. The molecule has 0 spiro atoms. The van der Waals surface area contributed by atoms with Crippen molar-refractivity contribution in [2.75, 3.05) is 23.4 Å². The van der Waals surface area contributed by atoms with Crippen molar-refractivity contribution in [2.45, 2.75) is 26.3 Å². The molecule has 0 aliphatic carbocycles. The van der Waals surface area contributed by atoms with Gasteiger partial charge in [-0.25, -0.2) is 9.97 Å². The number of benzene rings is 2. The van der Waals surface area contributed by atoms with Crippen molar-refractivity contribution < 1.29 is 4.79 Å². The molecular weight excluding hydrogens is 348 g/mol. The number of rotatable bonds is 4. The summed E-state index contributed by atoms with van der Waals surface area (Å²) >= 11 is 0. The average molecular weight is 372 g/mol. The van der Waals surface area contributed by atoms with Crippen molar-refractivity contribution in [2.24, 2.45) is 0 Å². The van der Waals surface area contributed by atoms with Crippen LogP contribution in [0.3, 0.4) is 0 Å². The first-order valence-electron chi connectivity index (χ1n) is 9.62. The van der Waals surface area contributed by atoms with Gasteiger partial charge in [0, 0.05) is 31.5 Å². The van der Waals surface area contributed by atoms with Gasteiger partial charge in [0.05, 0.1) is 0 Å². The summed E-state index contributed by atoms with van der Waals surface area (Å²) in [6.45, 7) is 3.31. The zero-order chi connectivity index (χ0) is 19.5. The van der Waals surface area contributed by atoms with Crippen LogP contribution < -0.4 is 9.80 Å². The van der Waals surface area contributed by atoms with Crippen molar-refractivity contribution in [1.29, 1.82) is 0 Å². The molecule has 3 aromatic rings. The van der Waals surface area contributed by atoms with Gasteiger partial charge in [-0.05, 0) is 43.0 Å². The third kappa shape index (κ3) is 3.74. The van der Waals surface area contributed by atoms with E-state index in [9.17, 15) is 4.79 Å². The molecule has 1 amide bonds. The van der Waals surface area contributed by atoms with Crippen molar-refractivity contribution in [3.8, 4) is 0 Å². The number of aromatic nitrogens is 2. The molecular formula is C23H24N4O. The summed E-state index contributed by atoms with van der Waals surface area (Å²) in [7, 11) is 1.95. The zero-order valence-corrected chi connectivity index (χ0v) is 16.3. The number of anilines is 2. The van der Waals surface area contributed by atoms with Gasteiger partial charge < -0.3 is 9.80 Å². The quantitative estimate of drug-likeness (QED) is 0.694. The second-order valence-electron chi connectivity index (χ2n) is 7.23. The van der Waals surface area contributed by atoms with Gasteiger partial charge in [0.25, 0.3) is 5.91 Å². The standard InChI is InChI=1S/C23H24N4O/c1-17-15-20(22(28)27-14-8-12-19-11-6-7-13-21(19)27)25-23(24-17)26(2)16-18-9-4-3-5-10-18/h3-7,9-11,13,15H,8,12,14,16H2,1-2H3. The van der Waals surface area contributed by atoms with E-state index in [-0.39, 0.29) is 5.91 Å². The molecule has 2 heterocycles. The molecule has 142 valence electrons. The van der Waals surface area contributed by atoms with Gasteiger partial charge in [-0.2, -0.15) is 0 Å². The van der Waals surface area contributed by atoms with Gasteiger partial charge in [0.15, 0.2) is 0 Å². The minimum absolute atomic E-state index is 0.0630. The van der Waals surface area contributed by atoms with Crippen LogP contribution in [0.5, 0.6) is 0 Å². The van der Waals surface area contributed by atoms with Gasteiger partial charge >= 0.3 is 0 Å². The number of para-hydroxylation sites is 1. The predicted octanol–water partition coefficient (Wildman–Crippen LogP) is 4.01. The summed E-state index contributed by atoms with van der Waals surface area (Å²) in [5.41, 5.74) is 4.62. The summed E-state index contributed by atoms with van der Waals surface area (Å²) in [6, 6.07) is 20.1. The van der Waals surface area contributed by atoms with Gasteiger partial charge in [0.1, 0.15) is 5.69 Å². The first-order chi connectivity index (χ1) is 13.6. The lowest BCUT2D eigenvalue weighted by Gasteiger charge is -2.29. The van der Waals surface area contributed by atoms with Crippen LogP contribution in [0.4, 0.5) is 11.6 Å². The highest BCUT2D eigenvalue weighted by Crippen LogP contribution is 2.28. The van der Waals surface area contributed by atoms with Crippen molar-refractivity contribution in [3.05, 3.63) is 83.2 Å². The van der Waals surface area contributed by atoms with Crippen molar-refractivity contribution >= 4 is 17.5 Å². The zero-order valence-electron chi connectivity index (χ0n) is 16.3. The number of hydrogen-bond donors (Lipinski definition) is 0. The highest BCUT2D eigenvalue weighted by molar-refractivity contribution is 6.05. The molecule has 0 radical (unpaired) electrons. The maximum absolute atomic E-state index is 13.3. The molecule has 4 rings (SSSR count). The minimum Gasteiger partial charge on any atom is -0.340 e. The fourth-order valence-electron chi connectivity index (χ4n) is 3.64. The summed E-state index contributed by atoms with van der Waals surface area (Å²) in [5.74, 6) is 0.504. The number of carbonyl (C=O) groups excluding carboxylic acids is 1. The normalized spacial score (nSPS) is 13.1. The predicted molar refractivity (Wildman–Crippen MR) is 112 cm³/mol. The Morgan fingerprint density at radius 3 is 2.64 bits per heavy atom. The van der Waals surface area contributed by atoms with Gasteiger partial charge in [0.2, 0.25) is 5.95 Å². The number of carbonyl (C=O) groups is 1. The van der Waals surface area contributed by atoms with Crippen LogP contribution in [0.25, 0.3) is 0 Å². The molecule has 2 aromatic carbocycles. The Kier molecular flexibility index (Phi) is 5.06. The third-order valence-electron chi connectivity index (χ3n) is 5.02.